The van der Waals surface area contributed by atoms with Gasteiger partial charge in [0, 0.05) is 45.8 Å². The van der Waals surface area contributed by atoms with Crippen molar-refractivity contribution in [3.05, 3.63) is 24.3 Å². The van der Waals surface area contributed by atoms with Crippen molar-refractivity contribution < 1.29 is 14.3 Å². The van der Waals surface area contributed by atoms with Gasteiger partial charge in [0.15, 0.2) is 5.96 Å². The fourth-order valence-electron chi connectivity index (χ4n) is 4.26. The van der Waals surface area contributed by atoms with E-state index >= 15 is 0 Å². The van der Waals surface area contributed by atoms with Gasteiger partial charge in [-0.25, -0.2) is 4.79 Å². The van der Waals surface area contributed by atoms with Gasteiger partial charge in [0.25, 0.3) is 0 Å². The number of anilines is 1. The molecule has 0 spiro atoms. The highest BCUT2D eigenvalue weighted by molar-refractivity contribution is 5.80. The molecule has 32 heavy (non-hydrogen) atoms. The number of hydrogen-bond donors (Lipinski definition) is 2. The summed E-state index contributed by atoms with van der Waals surface area (Å²) in [6.07, 6.45) is 2.78. The molecule has 0 aromatic heterocycles. The monoisotopic (exact) mass is 445 g/mol. The number of rotatable bonds is 5. The molecule has 1 atom stereocenters. The van der Waals surface area contributed by atoms with Crippen LogP contribution in [0.15, 0.2) is 29.3 Å². The second-order valence-corrected chi connectivity index (χ2v) is 9.61. The molecule has 0 saturated carbocycles. The SMILES string of the molecule is CN=C(NCC1CCN(C(=O)OC(C)(C)C)CC1)NC1CCN(c2ccccc2OC)C1. The molecular weight excluding hydrogens is 406 g/mol. The molecule has 0 radical (unpaired) electrons. The molecule has 178 valence electrons. The van der Waals surface area contributed by atoms with Crippen LogP contribution in [0.4, 0.5) is 10.5 Å². The zero-order valence-electron chi connectivity index (χ0n) is 20.2. The third-order valence-corrected chi connectivity index (χ3v) is 6.00. The quantitative estimate of drug-likeness (QED) is 0.536. The number of aliphatic imine (C=N–C) groups is 1. The number of para-hydroxylation sites is 2. The molecule has 2 N–H and O–H groups in total. The minimum absolute atomic E-state index is 0.206. The summed E-state index contributed by atoms with van der Waals surface area (Å²) in [7, 11) is 3.53. The summed E-state index contributed by atoms with van der Waals surface area (Å²) in [5, 5.41) is 7.05. The van der Waals surface area contributed by atoms with Gasteiger partial charge >= 0.3 is 6.09 Å². The summed E-state index contributed by atoms with van der Waals surface area (Å²) in [4.78, 5) is 20.8. The van der Waals surface area contributed by atoms with Crippen molar-refractivity contribution in [1.29, 1.82) is 0 Å². The molecule has 0 bridgehead atoms. The Hall–Kier alpha value is -2.64. The van der Waals surface area contributed by atoms with Gasteiger partial charge in [-0.2, -0.15) is 0 Å². The summed E-state index contributed by atoms with van der Waals surface area (Å²) < 4.78 is 11.0. The number of methoxy groups -OCH3 is 1. The predicted octanol–water partition coefficient (Wildman–Crippen LogP) is 3.09. The first-order valence-electron chi connectivity index (χ1n) is 11.6. The minimum atomic E-state index is -0.449. The smallest absolute Gasteiger partial charge is 0.410 e. The molecule has 2 aliphatic rings. The molecule has 1 aromatic carbocycles. The Morgan fingerprint density at radius 1 is 1.16 bits per heavy atom. The van der Waals surface area contributed by atoms with Crippen LogP contribution >= 0.6 is 0 Å². The van der Waals surface area contributed by atoms with Crippen LogP contribution in [0, 0.1) is 5.92 Å². The van der Waals surface area contributed by atoms with E-state index in [0.29, 0.717) is 12.0 Å². The third-order valence-electron chi connectivity index (χ3n) is 6.00. The lowest BCUT2D eigenvalue weighted by atomic mass is 9.97. The first kappa shape index (κ1) is 24.0. The molecule has 2 fully saturated rings. The van der Waals surface area contributed by atoms with E-state index in [0.717, 1.165) is 69.4 Å². The molecule has 0 aliphatic carbocycles. The Morgan fingerprint density at radius 2 is 1.88 bits per heavy atom. The van der Waals surface area contributed by atoms with E-state index in [1.54, 1.807) is 7.11 Å². The Balaban J connectivity index is 1.41. The van der Waals surface area contributed by atoms with Gasteiger partial charge in [0.1, 0.15) is 11.4 Å². The van der Waals surface area contributed by atoms with E-state index in [-0.39, 0.29) is 6.09 Å². The Bertz CT molecular complexity index is 784. The Morgan fingerprint density at radius 3 is 2.53 bits per heavy atom. The Labute approximate surface area is 192 Å². The van der Waals surface area contributed by atoms with Gasteiger partial charge in [-0.3, -0.25) is 4.99 Å². The number of amides is 1. The molecule has 1 amide bonds. The van der Waals surface area contributed by atoms with Crippen molar-refractivity contribution in [3.8, 4) is 5.75 Å². The van der Waals surface area contributed by atoms with Crippen molar-refractivity contribution in [2.24, 2.45) is 10.9 Å². The number of guanidine groups is 1. The van der Waals surface area contributed by atoms with Crippen LogP contribution in [0.3, 0.4) is 0 Å². The number of likely N-dealkylation sites (tertiary alicyclic amines) is 1. The van der Waals surface area contributed by atoms with Crippen molar-refractivity contribution in [2.45, 2.75) is 51.7 Å². The normalized spacial score (nSPS) is 20.3. The first-order chi connectivity index (χ1) is 15.3. The highest BCUT2D eigenvalue weighted by atomic mass is 16.6. The van der Waals surface area contributed by atoms with Crippen LogP contribution in [0.1, 0.15) is 40.0 Å². The van der Waals surface area contributed by atoms with Gasteiger partial charge in [-0.1, -0.05) is 12.1 Å². The van der Waals surface area contributed by atoms with Gasteiger partial charge in [0.2, 0.25) is 0 Å². The van der Waals surface area contributed by atoms with Gasteiger partial charge in [-0.15, -0.1) is 0 Å². The maximum absolute atomic E-state index is 12.2. The molecule has 2 aliphatic heterocycles. The van der Waals surface area contributed by atoms with Crippen molar-refractivity contribution in [2.75, 3.05) is 51.8 Å². The van der Waals surface area contributed by atoms with E-state index in [9.17, 15) is 4.79 Å². The number of benzene rings is 1. The zero-order chi connectivity index (χ0) is 23.1. The van der Waals surface area contributed by atoms with Gasteiger partial charge < -0.3 is 29.9 Å². The largest absolute Gasteiger partial charge is 0.495 e. The number of hydrogen-bond acceptors (Lipinski definition) is 5. The minimum Gasteiger partial charge on any atom is -0.495 e. The Kier molecular flexibility index (Phi) is 8.10. The summed E-state index contributed by atoms with van der Waals surface area (Å²) in [6, 6.07) is 8.49. The standard InChI is InChI=1S/C24H39N5O3/c1-24(2,3)32-23(30)28-13-10-18(11-14-28)16-26-22(25-4)27-19-12-15-29(17-19)20-8-6-7-9-21(20)31-5/h6-9,18-19H,10-17H2,1-5H3,(H2,25,26,27). The molecule has 1 unspecified atom stereocenters. The fraction of sp³-hybridized carbons (Fsp3) is 0.667. The fourth-order valence-corrected chi connectivity index (χ4v) is 4.26. The summed E-state index contributed by atoms with van der Waals surface area (Å²) >= 11 is 0. The van der Waals surface area contributed by atoms with E-state index in [1.165, 1.54) is 0 Å². The zero-order valence-corrected chi connectivity index (χ0v) is 20.2. The molecule has 3 rings (SSSR count). The number of carbonyl (C=O) groups excluding carboxylic acids is 1. The lowest BCUT2D eigenvalue weighted by Crippen LogP contribution is -2.48. The number of nitrogens with one attached hydrogen (secondary N) is 2. The third kappa shape index (κ3) is 6.68. The second-order valence-electron chi connectivity index (χ2n) is 9.61. The summed E-state index contributed by atoms with van der Waals surface area (Å²) in [5.41, 5.74) is 0.689. The highest BCUT2D eigenvalue weighted by Gasteiger charge is 2.28. The molecule has 2 saturated heterocycles. The number of nitrogens with zero attached hydrogens (tertiary/aromatic N) is 3. The average molecular weight is 446 g/mol. The van der Waals surface area contributed by atoms with Crippen molar-refractivity contribution in [3.63, 3.8) is 0 Å². The molecular formula is C24H39N5O3. The summed E-state index contributed by atoms with van der Waals surface area (Å²) in [5.74, 6) is 2.26. The predicted molar refractivity (Wildman–Crippen MR) is 129 cm³/mol. The first-order valence-corrected chi connectivity index (χ1v) is 11.6. The molecule has 2 heterocycles. The average Bonchev–Trinajstić information content (AvgIpc) is 3.24. The van der Waals surface area contributed by atoms with Crippen LogP contribution in [0.25, 0.3) is 0 Å². The van der Waals surface area contributed by atoms with Crippen molar-refractivity contribution in [1.82, 2.24) is 15.5 Å². The maximum Gasteiger partial charge on any atom is 0.410 e. The van der Waals surface area contributed by atoms with E-state index in [2.05, 4.69) is 26.6 Å². The second kappa shape index (κ2) is 10.8. The van der Waals surface area contributed by atoms with E-state index in [1.807, 2.05) is 50.9 Å². The number of piperidine rings is 1. The lowest BCUT2D eigenvalue weighted by Gasteiger charge is -2.33. The van der Waals surface area contributed by atoms with E-state index in [4.69, 9.17) is 9.47 Å². The number of ether oxygens (including phenoxy) is 2. The highest BCUT2D eigenvalue weighted by Crippen LogP contribution is 2.30. The van der Waals surface area contributed by atoms with Crippen LogP contribution in [0.2, 0.25) is 0 Å². The molecule has 1 aromatic rings. The van der Waals surface area contributed by atoms with Crippen molar-refractivity contribution >= 4 is 17.7 Å². The topological polar surface area (TPSA) is 78.4 Å². The van der Waals surface area contributed by atoms with Crippen LogP contribution in [-0.2, 0) is 4.74 Å². The van der Waals surface area contributed by atoms with Gasteiger partial charge in [0.05, 0.1) is 12.8 Å². The van der Waals surface area contributed by atoms with Gasteiger partial charge in [-0.05, 0) is 58.1 Å². The van der Waals surface area contributed by atoms with Crippen LogP contribution < -0.4 is 20.3 Å². The number of carbonyl (C=O) groups is 1. The molecule has 8 nitrogen and oxygen atoms in total. The summed E-state index contributed by atoms with van der Waals surface area (Å²) in [6.45, 7) is 9.94. The maximum atomic E-state index is 12.2. The van der Waals surface area contributed by atoms with E-state index < -0.39 is 5.60 Å². The van der Waals surface area contributed by atoms with Crippen LogP contribution in [-0.4, -0.2) is 75.5 Å². The van der Waals surface area contributed by atoms with Crippen LogP contribution in [0.5, 0.6) is 5.75 Å². The lowest BCUT2D eigenvalue weighted by molar-refractivity contribution is 0.0185. The molecule has 8 heteroatoms.